The molecule has 0 aliphatic heterocycles. The number of esters is 1. The van der Waals surface area contributed by atoms with Crippen LogP contribution in [0.15, 0.2) is 28.8 Å². The number of hydrogen-bond acceptors (Lipinski definition) is 7. The second kappa shape index (κ2) is 5.41. The van der Waals surface area contributed by atoms with Gasteiger partial charge in [0.15, 0.2) is 0 Å². The Kier molecular flexibility index (Phi) is 3.44. The van der Waals surface area contributed by atoms with E-state index in [0.717, 1.165) is 0 Å². The van der Waals surface area contributed by atoms with Crippen LogP contribution in [0.1, 0.15) is 16.7 Å². The lowest BCUT2D eigenvalue weighted by atomic mass is 10.2. The summed E-state index contributed by atoms with van der Waals surface area (Å²) in [5.41, 5.74) is 1.16. The molecule has 21 heavy (non-hydrogen) atoms. The molecule has 0 spiro atoms. The molecule has 1 N–H and O–H groups in total. The highest BCUT2D eigenvalue weighted by Crippen LogP contribution is 2.24. The first kappa shape index (κ1) is 13.4. The van der Waals surface area contributed by atoms with Gasteiger partial charge >= 0.3 is 5.97 Å². The van der Waals surface area contributed by atoms with Crippen molar-refractivity contribution in [3.63, 3.8) is 0 Å². The van der Waals surface area contributed by atoms with Crippen LogP contribution in [0.4, 0.5) is 0 Å². The predicted octanol–water partition coefficient (Wildman–Crippen LogP) is 1.62. The van der Waals surface area contributed by atoms with Crippen molar-refractivity contribution in [3.8, 4) is 11.4 Å². The molecule has 7 nitrogen and oxygen atoms in total. The van der Waals surface area contributed by atoms with Crippen LogP contribution in [0, 0.1) is 0 Å². The van der Waals surface area contributed by atoms with Crippen molar-refractivity contribution in [1.29, 1.82) is 0 Å². The van der Waals surface area contributed by atoms with Gasteiger partial charge in [0.2, 0.25) is 5.01 Å². The summed E-state index contributed by atoms with van der Waals surface area (Å²) in [5.74, 6) is -0.472. The highest BCUT2D eigenvalue weighted by atomic mass is 32.1. The Hall–Kier alpha value is -2.61. The molecule has 3 aromatic heterocycles. The Labute approximate surface area is 122 Å². The monoisotopic (exact) mass is 302 g/mol. The Morgan fingerprint density at radius 2 is 2.29 bits per heavy atom. The topological polar surface area (TPSA) is 97.8 Å². The highest BCUT2D eigenvalue weighted by molar-refractivity contribution is 7.11. The fourth-order valence-electron chi connectivity index (χ4n) is 1.86. The summed E-state index contributed by atoms with van der Waals surface area (Å²) in [6.45, 7) is 2.02. The number of nitrogens with one attached hydrogen (secondary N) is 1. The molecule has 8 heteroatoms. The number of hydrogen-bond donors (Lipinski definition) is 1. The molecule has 0 aliphatic rings. The first-order valence-electron chi connectivity index (χ1n) is 6.16. The Morgan fingerprint density at radius 1 is 1.43 bits per heavy atom. The minimum absolute atomic E-state index is 0.246. The fraction of sp³-hybridized carbons (Fsp3) is 0.154. The van der Waals surface area contributed by atoms with Gasteiger partial charge in [-0.15, -0.1) is 11.3 Å². The third kappa shape index (κ3) is 2.40. The maximum Gasteiger partial charge on any atom is 0.367 e. The van der Waals surface area contributed by atoms with Crippen molar-refractivity contribution in [1.82, 2.24) is 19.9 Å². The van der Waals surface area contributed by atoms with Gasteiger partial charge in [0.1, 0.15) is 16.9 Å². The van der Waals surface area contributed by atoms with Gasteiger partial charge < -0.3 is 9.72 Å². The average molecular weight is 302 g/mol. The molecule has 0 aliphatic carbocycles. The van der Waals surface area contributed by atoms with Crippen molar-refractivity contribution in [2.24, 2.45) is 0 Å². The van der Waals surface area contributed by atoms with Crippen molar-refractivity contribution >= 4 is 28.2 Å². The van der Waals surface area contributed by atoms with Crippen molar-refractivity contribution in [2.45, 2.75) is 6.92 Å². The zero-order valence-electron chi connectivity index (χ0n) is 11.0. The van der Waals surface area contributed by atoms with Crippen molar-refractivity contribution in [2.75, 3.05) is 6.61 Å². The summed E-state index contributed by atoms with van der Waals surface area (Å²) in [5, 5.41) is 2.36. The van der Waals surface area contributed by atoms with Crippen LogP contribution in [0.3, 0.4) is 0 Å². The molecule has 3 rings (SSSR count). The number of pyridine rings is 1. The summed E-state index contributed by atoms with van der Waals surface area (Å²) >= 11 is 1.17. The van der Waals surface area contributed by atoms with Gasteiger partial charge in [-0.1, -0.05) is 0 Å². The van der Waals surface area contributed by atoms with Gasteiger partial charge in [0, 0.05) is 11.6 Å². The van der Waals surface area contributed by atoms with Crippen LogP contribution in [-0.4, -0.2) is 32.5 Å². The minimum Gasteiger partial charge on any atom is -0.461 e. The van der Waals surface area contributed by atoms with Crippen molar-refractivity contribution < 1.29 is 9.53 Å². The summed E-state index contributed by atoms with van der Waals surface area (Å²) in [7, 11) is 0. The van der Waals surface area contributed by atoms with E-state index in [4.69, 9.17) is 4.74 Å². The predicted molar refractivity (Wildman–Crippen MR) is 77.2 cm³/mol. The van der Waals surface area contributed by atoms with E-state index in [1.807, 2.05) is 0 Å². The third-order valence-electron chi connectivity index (χ3n) is 2.76. The van der Waals surface area contributed by atoms with Gasteiger partial charge in [-0.05, 0) is 13.0 Å². The second-order valence-corrected chi connectivity index (χ2v) is 4.90. The van der Waals surface area contributed by atoms with E-state index in [1.165, 1.54) is 23.9 Å². The van der Waals surface area contributed by atoms with Crippen LogP contribution < -0.4 is 5.56 Å². The van der Waals surface area contributed by atoms with Gasteiger partial charge in [0.25, 0.3) is 5.56 Å². The standard InChI is InChI=1S/C13H10N4O3S/c1-2-20-13(19)12-17-8(5-21-12)10-9-7(3-4-14-10)11(18)16-6-15-9/h3-6H,2H2,1H3,(H,15,16,18). The molecule has 106 valence electrons. The number of aromatic amines is 1. The lowest BCUT2D eigenvalue weighted by Crippen LogP contribution is -2.07. The number of carbonyl (C=O) groups is 1. The third-order valence-corrected chi connectivity index (χ3v) is 3.58. The number of carbonyl (C=O) groups excluding carboxylic acids is 1. The van der Waals surface area contributed by atoms with E-state index >= 15 is 0 Å². The molecule has 0 amide bonds. The Balaban J connectivity index is 2.11. The normalized spacial score (nSPS) is 10.7. The molecule has 0 radical (unpaired) electrons. The number of H-pyrrole nitrogens is 1. The summed E-state index contributed by atoms with van der Waals surface area (Å²) in [6, 6.07) is 1.59. The quantitative estimate of drug-likeness (QED) is 0.738. The van der Waals surface area contributed by atoms with Gasteiger partial charge in [0.05, 0.1) is 18.3 Å². The number of thiazole rings is 1. The largest absolute Gasteiger partial charge is 0.461 e. The number of rotatable bonds is 3. The number of fused-ring (bicyclic) bond motifs is 1. The zero-order valence-corrected chi connectivity index (χ0v) is 11.8. The van der Waals surface area contributed by atoms with E-state index in [-0.39, 0.29) is 17.2 Å². The highest BCUT2D eigenvalue weighted by Gasteiger charge is 2.16. The molecule has 0 saturated carbocycles. The van der Waals surface area contributed by atoms with Gasteiger partial charge in [-0.25, -0.2) is 14.8 Å². The fourth-order valence-corrected chi connectivity index (χ4v) is 2.55. The van der Waals surface area contributed by atoms with Crippen LogP contribution in [0.25, 0.3) is 22.3 Å². The van der Waals surface area contributed by atoms with Gasteiger partial charge in [-0.3, -0.25) is 9.78 Å². The van der Waals surface area contributed by atoms with Crippen LogP contribution in [0.5, 0.6) is 0 Å². The molecular weight excluding hydrogens is 292 g/mol. The van der Waals surface area contributed by atoms with Crippen LogP contribution in [-0.2, 0) is 4.74 Å². The molecule has 0 atom stereocenters. The number of nitrogens with zero attached hydrogens (tertiary/aromatic N) is 3. The van der Waals surface area contributed by atoms with E-state index in [9.17, 15) is 9.59 Å². The van der Waals surface area contributed by atoms with E-state index in [1.54, 1.807) is 18.4 Å². The Bertz CT molecular complexity index is 871. The zero-order chi connectivity index (χ0) is 14.8. The van der Waals surface area contributed by atoms with E-state index in [0.29, 0.717) is 22.3 Å². The molecule has 3 aromatic rings. The molecule has 0 saturated heterocycles. The lowest BCUT2D eigenvalue weighted by Gasteiger charge is -2.00. The summed E-state index contributed by atoms with van der Waals surface area (Å²) < 4.78 is 4.90. The van der Waals surface area contributed by atoms with E-state index in [2.05, 4.69) is 19.9 Å². The molecular formula is C13H10N4O3S. The molecule has 0 unspecified atom stereocenters. The number of aromatic nitrogens is 4. The van der Waals surface area contributed by atoms with Crippen molar-refractivity contribution in [3.05, 3.63) is 39.3 Å². The maximum absolute atomic E-state index is 11.7. The Morgan fingerprint density at radius 3 is 3.10 bits per heavy atom. The summed E-state index contributed by atoms with van der Waals surface area (Å²) in [4.78, 5) is 38.5. The SMILES string of the molecule is CCOC(=O)c1nc(-c2nccc3c(=O)[nH]cnc23)cs1. The van der Waals surface area contributed by atoms with E-state index < -0.39 is 5.97 Å². The lowest BCUT2D eigenvalue weighted by molar-refractivity contribution is 0.0526. The summed E-state index contributed by atoms with van der Waals surface area (Å²) in [6.07, 6.45) is 2.83. The molecule has 0 fully saturated rings. The average Bonchev–Trinajstić information content (AvgIpc) is 2.97. The maximum atomic E-state index is 11.7. The molecule has 3 heterocycles. The first-order chi connectivity index (χ1) is 10.2. The number of ether oxygens (including phenoxy) is 1. The smallest absolute Gasteiger partial charge is 0.367 e. The second-order valence-electron chi connectivity index (χ2n) is 4.05. The molecule has 0 bridgehead atoms. The van der Waals surface area contributed by atoms with Gasteiger partial charge in [-0.2, -0.15) is 0 Å². The van der Waals surface area contributed by atoms with Crippen LogP contribution in [0.2, 0.25) is 0 Å². The minimum atomic E-state index is -0.472. The molecule has 0 aromatic carbocycles. The van der Waals surface area contributed by atoms with Crippen LogP contribution >= 0.6 is 11.3 Å². The first-order valence-corrected chi connectivity index (χ1v) is 7.04.